The van der Waals surface area contributed by atoms with Crippen LogP contribution in [-0.2, 0) is 4.79 Å². The first-order valence-corrected chi connectivity index (χ1v) is 15.6. The van der Waals surface area contributed by atoms with E-state index < -0.39 is 0 Å². The van der Waals surface area contributed by atoms with Gasteiger partial charge in [0.15, 0.2) is 0 Å². The predicted octanol–water partition coefficient (Wildman–Crippen LogP) is 6.90. The van der Waals surface area contributed by atoms with Crippen molar-refractivity contribution in [2.24, 2.45) is 11.8 Å². The van der Waals surface area contributed by atoms with E-state index in [1.54, 1.807) is 18.4 Å². The van der Waals surface area contributed by atoms with Gasteiger partial charge in [0.1, 0.15) is 11.6 Å². The second-order valence-electron chi connectivity index (χ2n) is 11.8. The van der Waals surface area contributed by atoms with Crippen molar-refractivity contribution in [2.45, 2.75) is 90.1 Å². The van der Waals surface area contributed by atoms with Crippen LogP contribution in [0.15, 0.2) is 36.7 Å². The zero-order valence-corrected chi connectivity index (χ0v) is 25.0. The highest BCUT2D eigenvalue weighted by Crippen LogP contribution is 2.38. The first kappa shape index (κ1) is 28.7. The molecule has 0 radical (unpaired) electrons. The molecule has 5 rings (SSSR count). The number of ether oxygens (including phenoxy) is 1. The topological polar surface area (TPSA) is 88.4 Å². The van der Waals surface area contributed by atoms with Crippen molar-refractivity contribution >= 4 is 23.1 Å². The molecule has 0 aromatic carbocycles. The number of thiazole rings is 1. The van der Waals surface area contributed by atoms with Crippen LogP contribution >= 0.6 is 11.3 Å². The summed E-state index contributed by atoms with van der Waals surface area (Å²) >= 11 is 1.70. The molecule has 0 atom stereocenters. The summed E-state index contributed by atoms with van der Waals surface area (Å²) in [6.45, 7) is 6.99. The fourth-order valence-electron chi connectivity index (χ4n) is 6.16. The predicted molar refractivity (Wildman–Crippen MR) is 160 cm³/mol. The molecular formula is C32H42N4O3S. The number of carbonyl (C=O) groups is 1. The van der Waals surface area contributed by atoms with Crippen molar-refractivity contribution in [3.63, 3.8) is 0 Å². The second-order valence-corrected chi connectivity index (χ2v) is 12.9. The molecule has 1 N–H and O–H groups in total. The third kappa shape index (κ3) is 6.55. The number of carbonyl (C=O) groups excluding carboxylic acids is 1. The van der Waals surface area contributed by atoms with Gasteiger partial charge >= 0.3 is 0 Å². The largest absolute Gasteiger partial charge is 0.495 e. The summed E-state index contributed by atoms with van der Waals surface area (Å²) < 4.78 is 5.39. The minimum atomic E-state index is -0.286. The molecule has 3 heterocycles. The molecule has 2 fully saturated rings. The number of hydrogen-bond donors (Lipinski definition) is 1. The average Bonchev–Trinajstić information content (AvgIpc) is 3.47. The van der Waals surface area contributed by atoms with Crippen molar-refractivity contribution in [3.05, 3.63) is 53.1 Å². The number of methoxy groups -OCH3 is 1. The molecule has 2 aliphatic rings. The number of aliphatic hydroxyl groups is 1. The molecule has 7 nitrogen and oxygen atoms in total. The van der Waals surface area contributed by atoms with Gasteiger partial charge in [0.25, 0.3) is 0 Å². The van der Waals surface area contributed by atoms with Crippen LogP contribution in [-0.4, -0.2) is 45.7 Å². The maximum Gasteiger partial charge on any atom is 0.231 e. The minimum absolute atomic E-state index is 0.0624. The highest BCUT2D eigenvalue weighted by atomic mass is 32.1. The van der Waals surface area contributed by atoms with Crippen molar-refractivity contribution in [1.29, 1.82) is 0 Å². The molecule has 1 amide bonds. The number of pyridine rings is 2. The summed E-state index contributed by atoms with van der Waals surface area (Å²) in [7, 11) is 1.68. The number of aliphatic hydroxyl groups excluding tert-OH is 1. The summed E-state index contributed by atoms with van der Waals surface area (Å²) in [6, 6.07) is 8.19. The maximum atomic E-state index is 14.0. The van der Waals surface area contributed by atoms with Gasteiger partial charge in [0.05, 0.1) is 28.8 Å². The van der Waals surface area contributed by atoms with Crippen LogP contribution in [0.5, 0.6) is 5.75 Å². The zero-order valence-electron chi connectivity index (χ0n) is 24.2. The number of aromatic nitrogens is 3. The molecule has 2 aliphatic carbocycles. The lowest BCUT2D eigenvalue weighted by Gasteiger charge is -2.35. The third-order valence-electron chi connectivity index (χ3n) is 8.62. The van der Waals surface area contributed by atoms with Gasteiger partial charge in [0, 0.05) is 42.4 Å². The van der Waals surface area contributed by atoms with E-state index in [4.69, 9.17) is 14.7 Å². The Morgan fingerprint density at radius 1 is 1.07 bits per heavy atom. The SMILES string of the molecule is COc1ccc([C@H]2CC[C@H](CN(c3cc(-c4cnc(C(C)C)s4)ccn3)C(=O)[C@H]3CC[C@H](O)CC3)CC2)nc1C. The molecule has 0 bridgehead atoms. The second kappa shape index (κ2) is 12.8. The van der Waals surface area contributed by atoms with Crippen LogP contribution in [0.3, 0.4) is 0 Å². The first-order valence-electron chi connectivity index (χ1n) is 14.8. The van der Waals surface area contributed by atoms with Crippen molar-refractivity contribution < 1.29 is 14.6 Å². The van der Waals surface area contributed by atoms with Gasteiger partial charge in [0.2, 0.25) is 5.91 Å². The summed E-state index contributed by atoms with van der Waals surface area (Å²) in [4.78, 5) is 31.2. The molecule has 3 aromatic rings. The van der Waals surface area contributed by atoms with E-state index in [2.05, 4.69) is 31.0 Å². The van der Waals surface area contributed by atoms with Crippen LogP contribution in [0, 0.1) is 18.8 Å². The van der Waals surface area contributed by atoms with E-state index in [1.807, 2.05) is 36.4 Å². The summed E-state index contributed by atoms with van der Waals surface area (Å²) in [5, 5.41) is 11.2. The quantitative estimate of drug-likeness (QED) is 0.321. The average molecular weight is 563 g/mol. The molecule has 2 saturated carbocycles. The Hall–Kier alpha value is -2.84. The van der Waals surface area contributed by atoms with E-state index in [-0.39, 0.29) is 17.9 Å². The Morgan fingerprint density at radius 2 is 1.82 bits per heavy atom. The lowest BCUT2D eigenvalue weighted by Crippen LogP contribution is -2.42. The molecule has 214 valence electrons. The van der Waals surface area contributed by atoms with E-state index in [0.29, 0.717) is 37.1 Å². The fraction of sp³-hybridized carbons (Fsp3) is 0.562. The monoisotopic (exact) mass is 562 g/mol. The molecule has 0 aliphatic heterocycles. The molecular weight excluding hydrogens is 520 g/mol. The number of nitrogens with zero attached hydrogens (tertiary/aromatic N) is 4. The molecule has 3 aromatic heterocycles. The number of rotatable bonds is 8. The van der Waals surface area contributed by atoms with Gasteiger partial charge in [-0.05, 0) is 94.0 Å². The Kier molecular flexibility index (Phi) is 9.16. The van der Waals surface area contributed by atoms with Crippen molar-refractivity contribution in [3.8, 4) is 16.2 Å². The molecule has 0 spiro atoms. The van der Waals surface area contributed by atoms with Crippen LogP contribution in [0.4, 0.5) is 5.82 Å². The van der Waals surface area contributed by atoms with Gasteiger partial charge in [-0.2, -0.15) is 0 Å². The van der Waals surface area contributed by atoms with Gasteiger partial charge < -0.3 is 9.84 Å². The summed E-state index contributed by atoms with van der Waals surface area (Å²) in [6.07, 6.45) is 10.5. The lowest BCUT2D eigenvalue weighted by molar-refractivity contribution is -0.124. The number of aryl methyl sites for hydroxylation is 1. The smallest absolute Gasteiger partial charge is 0.231 e. The zero-order chi connectivity index (χ0) is 28.2. The van der Waals surface area contributed by atoms with Gasteiger partial charge in [-0.1, -0.05) is 13.8 Å². The van der Waals surface area contributed by atoms with Crippen LogP contribution in [0.25, 0.3) is 10.4 Å². The molecule has 0 saturated heterocycles. The number of amides is 1. The van der Waals surface area contributed by atoms with E-state index >= 15 is 0 Å². The van der Waals surface area contributed by atoms with Gasteiger partial charge in [-0.3, -0.25) is 14.7 Å². The standard InChI is InChI=1S/C32H42N4O3S/c1-20(2)31-34-18-29(40-31)25-15-16-33-30(17-25)36(32(38)24-9-11-26(37)12-10-24)19-22-5-7-23(8-6-22)27-13-14-28(39-4)21(3)35-27/h13-18,20,22-24,26,37H,5-12,19H2,1-4H3/t22-,23-,24-,26-. The number of hydrogen-bond acceptors (Lipinski definition) is 7. The number of anilines is 1. The minimum Gasteiger partial charge on any atom is -0.495 e. The van der Waals surface area contributed by atoms with E-state index in [1.165, 1.54) is 0 Å². The Labute approximate surface area is 242 Å². The highest BCUT2D eigenvalue weighted by molar-refractivity contribution is 7.15. The third-order valence-corrected chi connectivity index (χ3v) is 9.97. The Bertz CT molecular complexity index is 1290. The molecule has 8 heteroatoms. The fourth-order valence-corrected chi connectivity index (χ4v) is 7.07. The summed E-state index contributed by atoms with van der Waals surface area (Å²) in [5.74, 6) is 2.87. The van der Waals surface area contributed by atoms with Crippen LogP contribution < -0.4 is 9.64 Å². The molecule has 0 unspecified atom stereocenters. The summed E-state index contributed by atoms with van der Waals surface area (Å²) in [5.41, 5.74) is 3.13. The van der Waals surface area contributed by atoms with Crippen molar-refractivity contribution in [1.82, 2.24) is 15.0 Å². The van der Waals surface area contributed by atoms with Gasteiger partial charge in [-0.15, -0.1) is 11.3 Å². The first-order chi connectivity index (χ1) is 19.3. The normalized spacial score (nSPS) is 23.2. The van der Waals surface area contributed by atoms with Gasteiger partial charge in [-0.25, -0.2) is 9.97 Å². The lowest BCUT2D eigenvalue weighted by atomic mass is 9.79. The van der Waals surface area contributed by atoms with Crippen LogP contribution in [0.1, 0.15) is 93.4 Å². The van der Waals surface area contributed by atoms with Crippen molar-refractivity contribution in [2.75, 3.05) is 18.6 Å². The van der Waals surface area contributed by atoms with E-state index in [9.17, 15) is 9.90 Å². The van der Waals surface area contributed by atoms with E-state index in [0.717, 1.165) is 76.9 Å². The highest BCUT2D eigenvalue weighted by Gasteiger charge is 2.33. The van der Waals surface area contributed by atoms with Crippen LogP contribution in [0.2, 0.25) is 0 Å². The molecule has 40 heavy (non-hydrogen) atoms. The Morgan fingerprint density at radius 3 is 2.48 bits per heavy atom. The Balaban J connectivity index is 1.33. The maximum absolute atomic E-state index is 14.0.